The van der Waals surface area contributed by atoms with Gasteiger partial charge in [-0.25, -0.2) is 27.8 Å². The molecule has 0 unspecified atom stereocenters. The molecule has 12 heteroatoms. The summed E-state index contributed by atoms with van der Waals surface area (Å²) in [6.07, 6.45) is 4.36. The summed E-state index contributed by atoms with van der Waals surface area (Å²) in [7, 11) is -3.65. The lowest BCUT2D eigenvalue weighted by Crippen LogP contribution is -2.26. The topological polar surface area (TPSA) is 109 Å². The van der Waals surface area contributed by atoms with Crippen molar-refractivity contribution in [2.24, 2.45) is 0 Å². The highest BCUT2D eigenvalue weighted by molar-refractivity contribution is 7.92. The minimum Gasteiger partial charge on any atom is -0.324 e. The van der Waals surface area contributed by atoms with Crippen LogP contribution in [0.25, 0.3) is 21.8 Å². The average Bonchev–Trinajstić information content (AvgIpc) is 3.32. The molecule has 4 aromatic rings. The molecule has 1 fully saturated rings. The Balaban J connectivity index is 0.00000370. The lowest BCUT2D eigenvalue weighted by atomic mass is 9.90. The van der Waals surface area contributed by atoms with E-state index >= 15 is 4.39 Å². The molecule has 0 amide bonds. The number of sulfonamides is 1. The number of benzene rings is 2. The molecule has 8 nitrogen and oxygen atoms in total. The van der Waals surface area contributed by atoms with E-state index in [1.165, 1.54) is 23.0 Å². The first-order valence-electron chi connectivity index (χ1n) is 13.0. The van der Waals surface area contributed by atoms with Crippen molar-refractivity contribution in [1.29, 1.82) is 0 Å². The smallest absolute Gasteiger partial charge is 0.232 e. The third-order valence-corrected chi connectivity index (χ3v) is 9.06. The minimum atomic E-state index is -3.65. The molecule has 0 bridgehead atoms. The van der Waals surface area contributed by atoms with Gasteiger partial charge in [-0.2, -0.15) is 0 Å². The molecule has 0 aliphatic carbocycles. The van der Waals surface area contributed by atoms with Crippen LogP contribution in [0.15, 0.2) is 54.7 Å². The molecular weight excluding hydrogens is 571 g/mol. The van der Waals surface area contributed by atoms with Crippen LogP contribution < -0.4 is 15.4 Å². The van der Waals surface area contributed by atoms with Crippen LogP contribution in [0.3, 0.4) is 0 Å². The summed E-state index contributed by atoms with van der Waals surface area (Å²) < 4.78 is 42.4. The molecule has 2 aromatic carbocycles. The second-order valence-corrected chi connectivity index (χ2v) is 12.6. The second kappa shape index (κ2) is 13.0. The predicted molar refractivity (Wildman–Crippen MR) is 163 cm³/mol. The van der Waals surface area contributed by atoms with E-state index in [2.05, 4.69) is 37.5 Å². The summed E-state index contributed by atoms with van der Waals surface area (Å²) in [5, 5.41) is 7.40. The van der Waals surface area contributed by atoms with Gasteiger partial charge in [-0.3, -0.25) is 4.72 Å². The molecule has 0 radical (unpaired) electrons. The van der Waals surface area contributed by atoms with Gasteiger partial charge in [-0.15, -0.1) is 23.7 Å². The molecule has 1 saturated heterocycles. The van der Waals surface area contributed by atoms with Crippen molar-refractivity contribution in [3.8, 4) is 21.8 Å². The number of halogens is 2. The summed E-state index contributed by atoms with van der Waals surface area (Å²) >= 11 is 1.39. The van der Waals surface area contributed by atoms with Gasteiger partial charge in [0.15, 0.2) is 5.82 Å². The number of thiazole rings is 1. The summed E-state index contributed by atoms with van der Waals surface area (Å²) in [5.41, 5.74) is 3.31. The van der Waals surface area contributed by atoms with Crippen molar-refractivity contribution < 1.29 is 12.8 Å². The van der Waals surface area contributed by atoms with Crippen LogP contribution >= 0.6 is 23.7 Å². The Kier molecular flexibility index (Phi) is 9.72. The fourth-order valence-corrected chi connectivity index (χ4v) is 6.77. The third-order valence-electron chi connectivity index (χ3n) is 6.59. The van der Waals surface area contributed by atoms with Gasteiger partial charge in [0, 0.05) is 17.4 Å². The maximum Gasteiger partial charge on any atom is 0.232 e. The fraction of sp³-hybridized carbons (Fsp3) is 0.321. The zero-order valence-corrected chi connectivity index (χ0v) is 24.7. The normalized spacial score (nSPS) is 14.0. The van der Waals surface area contributed by atoms with E-state index in [-0.39, 0.29) is 29.4 Å². The molecule has 40 heavy (non-hydrogen) atoms. The zero-order valence-electron chi connectivity index (χ0n) is 22.3. The van der Waals surface area contributed by atoms with Gasteiger partial charge in [-0.05, 0) is 81.1 Å². The number of hydrogen-bond donors (Lipinski definition) is 3. The largest absolute Gasteiger partial charge is 0.324 e. The van der Waals surface area contributed by atoms with Crippen molar-refractivity contribution in [3.05, 3.63) is 71.1 Å². The molecule has 3 heterocycles. The van der Waals surface area contributed by atoms with Gasteiger partial charge in [0.2, 0.25) is 16.0 Å². The van der Waals surface area contributed by atoms with Gasteiger partial charge in [0.05, 0.1) is 32.7 Å². The summed E-state index contributed by atoms with van der Waals surface area (Å²) in [5.74, 6) is 0.231. The maximum absolute atomic E-state index is 15.6. The number of rotatable bonds is 9. The zero-order chi connectivity index (χ0) is 27.4. The van der Waals surface area contributed by atoms with E-state index in [1.807, 2.05) is 19.1 Å². The van der Waals surface area contributed by atoms with Crippen LogP contribution in [0, 0.1) is 12.7 Å². The first-order valence-corrected chi connectivity index (χ1v) is 15.5. The number of hydrogen-bond acceptors (Lipinski definition) is 8. The van der Waals surface area contributed by atoms with Crippen molar-refractivity contribution in [2.75, 3.05) is 28.9 Å². The molecule has 5 rings (SSSR count). The van der Waals surface area contributed by atoms with Gasteiger partial charge in [0.1, 0.15) is 0 Å². The van der Waals surface area contributed by atoms with E-state index in [4.69, 9.17) is 4.98 Å². The number of aromatic nitrogens is 3. The summed E-state index contributed by atoms with van der Waals surface area (Å²) in [6.45, 7) is 5.69. The van der Waals surface area contributed by atoms with Crippen molar-refractivity contribution in [2.45, 2.75) is 39.0 Å². The highest BCUT2D eigenvalue weighted by Gasteiger charge is 2.22. The fourth-order valence-electron chi connectivity index (χ4n) is 4.73. The molecule has 2 aromatic heterocycles. The van der Waals surface area contributed by atoms with E-state index < -0.39 is 15.8 Å². The maximum atomic E-state index is 15.6. The van der Waals surface area contributed by atoms with Crippen LogP contribution in [-0.4, -0.2) is 42.2 Å². The summed E-state index contributed by atoms with van der Waals surface area (Å²) in [4.78, 5) is 14.3. The second-order valence-electron chi connectivity index (χ2n) is 9.54. The quantitative estimate of drug-likeness (QED) is 0.201. The van der Waals surface area contributed by atoms with Gasteiger partial charge < -0.3 is 10.6 Å². The van der Waals surface area contributed by atoms with Crippen LogP contribution in [0.2, 0.25) is 0 Å². The molecule has 3 N–H and O–H groups in total. The Morgan fingerprint density at radius 1 is 1.07 bits per heavy atom. The van der Waals surface area contributed by atoms with Crippen LogP contribution in [0.1, 0.15) is 42.7 Å². The first kappa shape index (κ1) is 29.9. The molecule has 1 aliphatic heterocycles. The lowest BCUT2D eigenvalue weighted by molar-refractivity contribution is 0.460. The van der Waals surface area contributed by atoms with Gasteiger partial charge in [-0.1, -0.05) is 25.1 Å². The SMILES string of the molecule is CCCS(=O)(=O)Nc1cccc(-c2nc(C)sc2-c2ccnc(Nc3ccc(C4CCNCC4)cc3)n2)c1F.Cl. The van der Waals surface area contributed by atoms with Crippen molar-refractivity contribution in [3.63, 3.8) is 0 Å². The standard InChI is InChI=1S/C28H31FN6O2S2.ClH/c1-3-17-39(36,37)35-23-6-4-5-22(25(23)29)26-27(38-18(2)32-26)24-13-16-31-28(34-24)33-21-9-7-19(8-10-21)20-11-14-30-15-12-20;/h4-10,13,16,20,30,35H,3,11-12,14-15,17H2,1-2H3,(H,31,33,34);1H. The molecule has 0 atom stereocenters. The predicted octanol–water partition coefficient (Wildman–Crippen LogP) is 6.50. The summed E-state index contributed by atoms with van der Waals surface area (Å²) in [6, 6.07) is 14.7. The monoisotopic (exact) mass is 602 g/mol. The highest BCUT2D eigenvalue weighted by atomic mass is 35.5. The Bertz CT molecular complexity index is 1560. The highest BCUT2D eigenvalue weighted by Crippen LogP contribution is 2.38. The van der Waals surface area contributed by atoms with E-state index in [0.29, 0.717) is 34.6 Å². The number of anilines is 3. The van der Waals surface area contributed by atoms with Crippen molar-refractivity contribution >= 4 is 51.1 Å². The average molecular weight is 603 g/mol. The van der Waals surface area contributed by atoms with Crippen LogP contribution in [-0.2, 0) is 10.0 Å². The van der Waals surface area contributed by atoms with E-state index in [1.54, 1.807) is 31.3 Å². The van der Waals surface area contributed by atoms with Crippen LogP contribution in [0.4, 0.5) is 21.7 Å². The van der Waals surface area contributed by atoms with E-state index in [0.717, 1.165) is 36.6 Å². The number of nitrogens with zero attached hydrogens (tertiary/aromatic N) is 3. The number of aryl methyl sites for hydroxylation is 1. The molecule has 0 saturated carbocycles. The van der Waals surface area contributed by atoms with E-state index in [9.17, 15) is 8.42 Å². The lowest BCUT2D eigenvalue weighted by Gasteiger charge is -2.23. The Morgan fingerprint density at radius 3 is 2.55 bits per heavy atom. The molecule has 212 valence electrons. The van der Waals surface area contributed by atoms with Crippen molar-refractivity contribution in [1.82, 2.24) is 20.3 Å². The Hall–Kier alpha value is -3.12. The molecular formula is C28H32ClFN6O2S2. The first-order chi connectivity index (χ1) is 18.8. The Labute approximate surface area is 244 Å². The number of nitrogens with one attached hydrogen (secondary N) is 3. The third kappa shape index (κ3) is 6.95. The van der Waals surface area contributed by atoms with Crippen LogP contribution in [0.5, 0.6) is 0 Å². The Morgan fingerprint density at radius 2 is 1.82 bits per heavy atom. The van der Waals surface area contributed by atoms with Gasteiger partial charge >= 0.3 is 0 Å². The molecule has 1 aliphatic rings. The van der Waals surface area contributed by atoms with Gasteiger partial charge in [0.25, 0.3) is 0 Å². The molecule has 0 spiro atoms. The minimum absolute atomic E-state index is 0. The number of piperidine rings is 1.